The van der Waals surface area contributed by atoms with E-state index in [0.717, 1.165) is 21.8 Å². The molecule has 336 valence electrons. The summed E-state index contributed by atoms with van der Waals surface area (Å²) in [6.45, 7) is 12.6. The average Bonchev–Trinajstić information content (AvgIpc) is 3.69. The van der Waals surface area contributed by atoms with Gasteiger partial charge in [0.2, 0.25) is 25.4 Å². The number of likely N-dealkylation sites (tertiary alicyclic amines) is 1. The molecule has 2 atom stereocenters. The lowest BCUT2D eigenvalue weighted by Crippen LogP contribution is -2.57. The first-order valence-electron chi connectivity index (χ1n) is 19.9. The third kappa shape index (κ3) is 12.8. The highest BCUT2D eigenvalue weighted by atomic mass is 127. The van der Waals surface area contributed by atoms with Gasteiger partial charge in [0.1, 0.15) is 12.1 Å². The molecule has 1 aliphatic heterocycles. The summed E-state index contributed by atoms with van der Waals surface area (Å²) in [4.78, 5) is 69.7. The highest BCUT2D eigenvalue weighted by Crippen LogP contribution is 2.67. The number of carbonyl (C=O) groups excluding carboxylic acids is 5. The number of para-hydroxylation sites is 1. The maximum absolute atomic E-state index is 16.0. The first kappa shape index (κ1) is 50.1. The summed E-state index contributed by atoms with van der Waals surface area (Å²) in [5.74, 6) is -2.99. The van der Waals surface area contributed by atoms with Gasteiger partial charge in [-0.3, -0.25) is 42.5 Å². The van der Waals surface area contributed by atoms with E-state index in [9.17, 15) is 28.5 Å². The Labute approximate surface area is 375 Å². The molecule has 3 aromatic rings. The van der Waals surface area contributed by atoms with Crippen LogP contribution in [0, 0.1) is 19.8 Å². The molecule has 0 saturated carbocycles. The maximum atomic E-state index is 16.0. The van der Waals surface area contributed by atoms with Crippen LogP contribution in [0.15, 0.2) is 84.9 Å². The summed E-state index contributed by atoms with van der Waals surface area (Å²) in [7, 11) is -5.54. The van der Waals surface area contributed by atoms with E-state index >= 15 is 8.78 Å². The molecule has 13 nitrogen and oxygen atoms in total. The number of nitrogens with zero attached hydrogens (tertiary/aromatic N) is 2. The minimum absolute atomic E-state index is 0.279. The number of hydrogen-bond acceptors (Lipinski definition) is 10. The van der Waals surface area contributed by atoms with Crippen molar-refractivity contribution in [2.45, 2.75) is 92.9 Å². The number of amides is 3. The molecule has 0 aliphatic carbocycles. The Morgan fingerprint density at radius 1 is 0.806 bits per heavy atom. The van der Waals surface area contributed by atoms with Gasteiger partial charge in [-0.15, -0.1) is 0 Å². The van der Waals surface area contributed by atoms with Crippen molar-refractivity contribution in [2.24, 2.45) is 16.2 Å². The number of carbonyl (C=O) groups is 5. The van der Waals surface area contributed by atoms with Crippen LogP contribution in [-0.4, -0.2) is 66.8 Å². The summed E-state index contributed by atoms with van der Waals surface area (Å²) in [5.41, 5.74) is -6.39. The summed E-state index contributed by atoms with van der Waals surface area (Å²) >= 11 is 2.19. The zero-order valence-corrected chi connectivity index (χ0v) is 39.5. The summed E-state index contributed by atoms with van der Waals surface area (Å²) in [5, 5.41) is 2.79. The molecule has 1 fully saturated rings. The van der Waals surface area contributed by atoms with Gasteiger partial charge in [0.05, 0.1) is 10.8 Å². The molecule has 0 spiro atoms. The van der Waals surface area contributed by atoms with Crippen molar-refractivity contribution in [3.63, 3.8) is 0 Å². The lowest BCUT2D eigenvalue weighted by atomic mass is 9.85. The van der Waals surface area contributed by atoms with E-state index in [-0.39, 0.29) is 11.5 Å². The number of alkyl halides is 2. The molecule has 3 amide bonds. The molecule has 3 aromatic carbocycles. The largest absolute Gasteiger partial charge is 0.438 e. The molecule has 4 rings (SSSR count). The summed E-state index contributed by atoms with van der Waals surface area (Å²) < 4.78 is 66.3. The number of hydrogen-bond donors (Lipinski definition) is 1. The maximum Gasteiger partial charge on any atom is 0.410 e. The zero-order valence-electron chi connectivity index (χ0n) is 36.4. The van der Waals surface area contributed by atoms with E-state index in [4.69, 9.17) is 18.5 Å². The van der Waals surface area contributed by atoms with E-state index in [1.54, 1.807) is 25.7 Å². The second kappa shape index (κ2) is 20.3. The fraction of sp³-hybridized carbons (Fsp3) is 0.444. The van der Waals surface area contributed by atoms with E-state index in [2.05, 4.69) is 27.9 Å². The molecular formula is C45H55F2IN3O10P. The monoisotopic (exact) mass is 993 g/mol. The van der Waals surface area contributed by atoms with Gasteiger partial charge in [0.25, 0.3) is 5.91 Å². The molecule has 62 heavy (non-hydrogen) atoms. The molecule has 1 aliphatic rings. The SMILES string of the molecule is CC(C)(C)C(=O)OCOP(=O)(OCOC(=O)C(C)(C)C)C(F)(F)c1ccc(/C=C/C(=O)NC(C(=O)N2CCCC2C(=O)N(c2ccccc2)c2ccc(I)cc2)C(C)(C)C)cc1. The molecule has 0 radical (unpaired) electrons. The lowest BCUT2D eigenvalue weighted by molar-refractivity contribution is -0.163. The third-order valence-corrected chi connectivity index (χ3v) is 12.2. The van der Waals surface area contributed by atoms with Crippen molar-refractivity contribution >= 4 is 77.3 Å². The Morgan fingerprint density at radius 2 is 1.32 bits per heavy atom. The number of anilines is 2. The Balaban J connectivity index is 1.50. The van der Waals surface area contributed by atoms with Crippen LogP contribution < -0.4 is 10.2 Å². The molecule has 0 aromatic heterocycles. The predicted octanol–water partition coefficient (Wildman–Crippen LogP) is 9.56. The van der Waals surface area contributed by atoms with Gasteiger partial charge in [-0.2, -0.15) is 8.78 Å². The average molecular weight is 994 g/mol. The third-order valence-electron chi connectivity index (χ3n) is 9.62. The van der Waals surface area contributed by atoms with Crippen LogP contribution in [0.25, 0.3) is 6.08 Å². The van der Waals surface area contributed by atoms with Crippen LogP contribution in [-0.2, 0) is 52.7 Å². The standard InChI is InChI=1S/C45H55F2IN3O10P/c1-42(2,3)37(39(54)50-27-13-16-35(50)38(53)51(33-14-11-10-12-15-33)34-24-22-32(48)23-25-34)49-36(52)26-19-30-17-20-31(21-18-30)45(46,47)62(57,60-28-58-40(55)43(4,5)6)61-29-59-41(56)44(7,8)9/h10-12,14-15,17-26,35,37H,13,16,27-29H2,1-9H3,(H,49,52)/b26-19+. The van der Waals surface area contributed by atoms with Crippen LogP contribution in [0.2, 0.25) is 0 Å². The number of nitrogens with one attached hydrogen (secondary N) is 1. The first-order valence-corrected chi connectivity index (χ1v) is 22.5. The number of esters is 2. The van der Waals surface area contributed by atoms with Gasteiger partial charge in [-0.1, -0.05) is 63.2 Å². The minimum Gasteiger partial charge on any atom is -0.438 e. The van der Waals surface area contributed by atoms with Crippen LogP contribution >= 0.6 is 30.2 Å². The Bertz CT molecular complexity index is 2110. The van der Waals surface area contributed by atoms with Gasteiger partial charge in [-0.05, 0) is 130 Å². The fourth-order valence-electron chi connectivity index (χ4n) is 6.07. The van der Waals surface area contributed by atoms with Crippen molar-refractivity contribution in [3.05, 3.63) is 99.6 Å². The van der Waals surface area contributed by atoms with E-state index in [1.807, 2.05) is 54.6 Å². The van der Waals surface area contributed by atoms with E-state index < -0.39 is 84.5 Å². The van der Waals surface area contributed by atoms with Gasteiger partial charge in [0, 0.05) is 33.1 Å². The molecule has 2 unspecified atom stereocenters. The normalized spacial score (nSPS) is 15.5. The lowest BCUT2D eigenvalue weighted by Gasteiger charge is -2.36. The smallest absolute Gasteiger partial charge is 0.410 e. The van der Waals surface area contributed by atoms with E-state index in [1.165, 1.54) is 64.7 Å². The zero-order chi connectivity index (χ0) is 46.3. The number of rotatable bonds is 15. The molecule has 1 N–H and O–H groups in total. The minimum atomic E-state index is -5.54. The van der Waals surface area contributed by atoms with E-state index in [0.29, 0.717) is 30.8 Å². The van der Waals surface area contributed by atoms with Crippen molar-refractivity contribution in [3.8, 4) is 0 Å². The second-order valence-electron chi connectivity index (χ2n) is 17.8. The second-order valence-corrected chi connectivity index (χ2v) is 21.2. The Hall–Kier alpha value is -4.51. The van der Waals surface area contributed by atoms with Gasteiger partial charge in [0.15, 0.2) is 0 Å². The molecule has 17 heteroatoms. The molecule has 0 bridgehead atoms. The van der Waals surface area contributed by atoms with Gasteiger partial charge < -0.3 is 19.7 Å². The summed E-state index contributed by atoms with van der Waals surface area (Å²) in [6, 6.07) is 19.2. The molecule has 1 saturated heterocycles. The number of ether oxygens (including phenoxy) is 2. The Morgan fingerprint density at radius 3 is 1.82 bits per heavy atom. The number of benzene rings is 3. The topological polar surface area (TPSA) is 158 Å². The van der Waals surface area contributed by atoms with Crippen LogP contribution in [0.3, 0.4) is 0 Å². The van der Waals surface area contributed by atoms with Crippen molar-refractivity contribution in [2.75, 3.05) is 25.0 Å². The van der Waals surface area contributed by atoms with Crippen molar-refractivity contribution in [1.29, 1.82) is 0 Å². The first-order chi connectivity index (χ1) is 28.8. The number of halogens is 3. The summed E-state index contributed by atoms with van der Waals surface area (Å²) in [6.07, 6.45) is 3.50. The Kier molecular flexibility index (Phi) is 16.4. The highest BCUT2D eigenvalue weighted by molar-refractivity contribution is 14.1. The highest BCUT2D eigenvalue weighted by Gasteiger charge is 2.56. The molecular weight excluding hydrogens is 938 g/mol. The van der Waals surface area contributed by atoms with Crippen LogP contribution in [0.5, 0.6) is 0 Å². The van der Waals surface area contributed by atoms with Crippen LogP contribution in [0.1, 0.15) is 86.3 Å². The van der Waals surface area contributed by atoms with Crippen LogP contribution in [0.4, 0.5) is 20.2 Å². The molecule has 1 heterocycles. The predicted molar refractivity (Wildman–Crippen MR) is 239 cm³/mol. The van der Waals surface area contributed by atoms with Gasteiger partial charge in [-0.25, -0.2) is 0 Å². The van der Waals surface area contributed by atoms with Crippen molar-refractivity contribution in [1.82, 2.24) is 10.2 Å². The van der Waals surface area contributed by atoms with Crippen molar-refractivity contribution < 1.29 is 55.8 Å². The fourth-order valence-corrected chi connectivity index (χ4v) is 7.67. The van der Waals surface area contributed by atoms with Gasteiger partial charge >= 0.3 is 25.2 Å². The quantitative estimate of drug-likeness (QED) is 0.0511.